The monoisotopic (exact) mass is 307 g/mol. The van der Waals surface area contributed by atoms with Gasteiger partial charge in [0, 0.05) is 45.1 Å². The van der Waals surface area contributed by atoms with Crippen LogP contribution in [0.5, 0.6) is 0 Å². The molecule has 2 amide bonds. The van der Waals surface area contributed by atoms with Gasteiger partial charge in [0.05, 0.1) is 6.04 Å². The third kappa shape index (κ3) is 3.61. The number of carbonyl (C=O) groups is 1. The van der Waals surface area contributed by atoms with E-state index in [9.17, 15) is 4.79 Å². The van der Waals surface area contributed by atoms with Gasteiger partial charge in [-0.3, -0.25) is 4.90 Å². The third-order valence-corrected chi connectivity index (χ3v) is 4.69. The van der Waals surface area contributed by atoms with Crippen LogP contribution >= 0.6 is 0 Å². The Morgan fingerprint density at radius 1 is 1.41 bits per heavy atom. The zero-order valence-electron chi connectivity index (χ0n) is 14.4. The van der Waals surface area contributed by atoms with Gasteiger partial charge in [0.25, 0.3) is 0 Å². The first-order valence-electron chi connectivity index (χ1n) is 8.20. The molecule has 0 spiro atoms. The molecule has 1 saturated heterocycles. The van der Waals surface area contributed by atoms with Crippen LogP contribution in [0, 0.1) is 5.92 Å². The quantitative estimate of drug-likeness (QED) is 0.923. The fourth-order valence-electron chi connectivity index (χ4n) is 2.78. The van der Waals surface area contributed by atoms with E-state index in [2.05, 4.69) is 42.9 Å². The van der Waals surface area contributed by atoms with Crippen molar-refractivity contribution in [1.82, 2.24) is 24.7 Å². The van der Waals surface area contributed by atoms with Gasteiger partial charge in [-0.2, -0.15) is 0 Å². The molecule has 6 nitrogen and oxygen atoms in total. The number of nitrogens with one attached hydrogen (secondary N) is 1. The summed E-state index contributed by atoms with van der Waals surface area (Å²) in [5, 5.41) is 3.10. The summed E-state index contributed by atoms with van der Waals surface area (Å²) in [7, 11) is 2.01. The highest BCUT2D eigenvalue weighted by atomic mass is 16.2. The van der Waals surface area contributed by atoms with Crippen LogP contribution in [-0.4, -0.2) is 57.6 Å². The number of rotatable bonds is 4. The van der Waals surface area contributed by atoms with E-state index in [0.29, 0.717) is 12.5 Å². The Hall–Kier alpha value is -1.56. The molecule has 0 radical (unpaired) electrons. The van der Waals surface area contributed by atoms with E-state index < -0.39 is 0 Å². The topological polar surface area (TPSA) is 53.4 Å². The van der Waals surface area contributed by atoms with Crippen LogP contribution in [0.1, 0.15) is 39.6 Å². The van der Waals surface area contributed by atoms with Gasteiger partial charge in [-0.1, -0.05) is 20.8 Å². The predicted molar refractivity (Wildman–Crippen MR) is 87.6 cm³/mol. The van der Waals surface area contributed by atoms with Crippen molar-refractivity contribution < 1.29 is 4.79 Å². The Balaban J connectivity index is 2.07. The molecule has 22 heavy (non-hydrogen) atoms. The number of amides is 2. The van der Waals surface area contributed by atoms with Crippen molar-refractivity contribution >= 4 is 6.03 Å². The maximum absolute atomic E-state index is 12.5. The van der Waals surface area contributed by atoms with E-state index in [1.807, 2.05) is 28.9 Å². The summed E-state index contributed by atoms with van der Waals surface area (Å²) in [6.45, 7) is 11.8. The first kappa shape index (κ1) is 16.8. The molecule has 2 atom stereocenters. The molecule has 2 rings (SSSR count). The Labute approximate surface area is 133 Å². The van der Waals surface area contributed by atoms with Gasteiger partial charge in [0.15, 0.2) is 0 Å². The molecule has 0 saturated carbocycles. The average molecular weight is 307 g/mol. The second kappa shape index (κ2) is 7.13. The summed E-state index contributed by atoms with van der Waals surface area (Å²) in [5.74, 6) is 1.46. The number of nitrogens with zero attached hydrogens (tertiary/aromatic N) is 4. The normalized spacial score (nSPS) is 21.2. The SMILES string of the molecule is CCN1CCN(C(=O)N[C@H](C)C(C)C)C[C@@H]1c1nccn1C. The summed E-state index contributed by atoms with van der Waals surface area (Å²) in [4.78, 5) is 21.3. The first-order valence-corrected chi connectivity index (χ1v) is 8.20. The lowest BCUT2D eigenvalue weighted by molar-refractivity contribution is 0.0863. The van der Waals surface area contributed by atoms with Crippen LogP contribution in [0.3, 0.4) is 0 Å². The van der Waals surface area contributed by atoms with Crippen molar-refractivity contribution in [3.63, 3.8) is 0 Å². The number of urea groups is 1. The molecular formula is C16H29N5O. The van der Waals surface area contributed by atoms with Crippen molar-refractivity contribution in [1.29, 1.82) is 0 Å². The maximum Gasteiger partial charge on any atom is 0.317 e. The van der Waals surface area contributed by atoms with Gasteiger partial charge in [0.2, 0.25) is 0 Å². The maximum atomic E-state index is 12.5. The summed E-state index contributed by atoms with van der Waals surface area (Å²) in [6, 6.07) is 0.387. The minimum atomic E-state index is 0.0381. The largest absolute Gasteiger partial charge is 0.337 e. The Kier molecular flexibility index (Phi) is 5.45. The molecule has 1 fully saturated rings. The van der Waals surface area contributed by atoms with Crippen LogP contribution in [0.15, 0.2) is 12.4 Å². The van der Waals surface area contributed by atoms with Crippen molar-refractivity contribution in [3.8, 4) is 0 Å². The van der Waals surface area contributed by atoms with Gasteiger partial charge in [-0.25, -0.2) is 9.78 Å². The molecule has 0 aromatic carbocycles. The summed E-state index contributed by atoms with van der Waals surface area (Å²) in [5.41, 5.74) is 0. The molecule has 2 heterocycles. The summed E-state index contributed by atoms with van der Waals surface area (Å²) < 4.78 is 2.05. The Morgan fingerprint density at radius 2 is 2.14 bits per heavy atom. The van der Waals surface area contributed by atoms with E-state index in [0.717, 1.165) is 25.5 Å². The number of likely N-dealkylation sites (N-methyl/N-ethyl adjacent to an activating group) is 1. The smallest absolute Gasteiger partial charge is 0.317 e. The standard InChI is InChI=1S/C16H29N5O/c1-6-20-9-10-21(16(22)18-13(4)12(2)3)11-14(20)15-17-7-8-19(15)5/h7-8,12-14H,6,9-11H2,1-5H3,(H,18,22)/t13-,14-/m1/s1. The lowest BCUT2D eigenvalue weighted by Crippen LogP contribution is -2.55. The minimum Gasteiger partial charge on any atom is -0.337 e. The number of carbonyl (C=O) groups excluding carboxylic acids is 1. The highest BCUT2D eigenvalue weighted by Crippen LogP contribution is 2.23. The average Bonchev–Trinajstić information content (AvgIpc) is 2.92. The number of aryl methyl sites for hydroxylation is 1. The van der Waals surface area contributed by atoms with Crippen LogP contribution in [0.2, 0.25) is 0 Å². The van der Waals surface area contributed by atoms with Crippen LogP contribution < -0.4 is 5.32 Å². The molecular weight excluding hydrogens is 278 g/mol. The predicted octanol–water partition coefficient (Wildman–Crippen LogP) is 1.85. The second-order valence-corrected chi connectivity index (χ2v) is 6.47. The molecule has 0 aliphatic carbocycles. The number of hydrogen-bond acceptors (Lipinski definition) is 3. The number of piperazine rings is 1. The molecule has 1 aromatic rings. The zero-order chi connectivity index (χ0) is 16.3. The fraction of sp³-hybridized carbons (Fsp3) is 0.750. The summed E-state index contributed by atoms with van der Waals surface area (Å²) in [6.07, 6.45) is 3.78. The van der Waals surface area contributed by atoms with Gasteiger partial charge < -0.3 is 14.8 Å². The van der Waals surface area contributed by atoms with Crippen LogP contribution in [0.25, 0.3) is 0 Å². The van der Waals surface area contributed by atoms with E-state index in [1.54, 1.807) is 0 Å². The van der Waals surface area contributed by atoms with Crippen molar-refractivity contribution in [2.45, 2.75) is 39.8 Å². The van der Waals surface area contributed by atoms with Gasteiger partial charge in [-0.15, -0.1) is 0 Å². The highest BCUT2D eigenvalue weighted by molar-refractivity contribution is 5.74. The second-order valence-electron chi connectivity index (χ2n) is 6.47. The molecule has 1 aliphatic rings. The fourth-order valence-corrected chi connectivity index (χ4v) is 2.78. The van der Waals surface area contributed by atoms with E-state index in [1.165, 1.54) is 0 Å². The molecule has 6 heteroatoms. The van der Waals surface area contributed by atoms with Crippen molar-refractivity contribution in [2.24, 2.45) is 13.0 Å². The van der Waals surface area contributed by atoms with E-state index in [-0.39, 0.29) is 18.1 Å². The molecule has 1 aliphatic heterocycles. The molecule has 0 unspecified atom stereocenters. The zero-order valence-corrected chi connectivity index (χ0v) is 14.4. The molecule has 1 aromatic heterocycles. The van der Waals surface area contributed by atoms with Gasteiger partial charge in [0.1, 0.15) is 5.82 Å². The molecule has 124 valence electrons. The van der Waals surface area contributed by atoms with Crippen LogP contribution in [0.4, 0.5) is 4.79 Å². The van der Waals surface area contributed by atoms with Crippen LogP contribution in [-0.2, 0) is 7.05 Å². The Morgan fingerprint density at radius 3 is 2.68 bits per heavy atom. The van der Waals surface area contributed by atoms with E-state index in [4.69, 9.17) is 0 Å². The third-order valence-electron chi connectivity index (χ3n) is 4.69. The van der Waals surface area contributed by atoms with Gasteiger partial charge >= 0.3 is 6.03 Å². The lowest BCUT2D eigenvalue weighted by atomic mass is 10.1. The number of imidazole rings is 1. The molecule has 1 N–H and O–H groups in total. The van der Waals surface area contributed by atoms with E-state index >= 15 is 0 Å². The van der Waals surface area contributed by atoms with Gasteiger partial charge in [-0.05, 0) is 19.4 Å². The minimum absolute atomic E-state index is 0.0381. The lowest BCUT2D eigenvalue weighted by Gasteiger charge is -2.40. The number of hydrogen-bond donors (Lipinski definition) is 1. The molecule has 0 bridgehead atoms. The highest BCUT2D eigenvalue weighted by Gasteiger charge is 2.32. The summed E-state index contributed by atoms with van der Waals surface area (Å²) >= 11 is 0. The number of aromatic nitrogens is 2. The van der Waals surface area contributed by atoms with Crippen molar-refractivity contribution in [2.75, 3.05) is 26.2 Å². The van der Waals surface area contributed by atoms with Crippen molar-refractivity contribution in [3.05, 3.63) is 18.2 Å². The Bertz CT molecular complexity index is 498. The first-order chi connectivity index (χ1) is 10.4.